The highest BCUT2D eigenvalue weighted by Crippen LogP contribution is 2.35. The number of β-amino-alcohol motifs (C(OH)–C–C–N with tert-alkyl or cyclic N) is 1. The van der Waals surface area contributed by atoms with E-state index in [1.54, 1.807) is 35.7 Å². The van der Waals surface area contributed by atoms with Crippen molar-refractivity contribution in [1.82, 2.24) is 35.7 Å². The van der Waals surface area contributed by atoms with E-state index < -0.39 is 23.6 Å². The van der Waals surface area contributed by atoms with Crippen molar-refractivity contribution in [3.63, 3.8) is 0 Å². The SMILES string of the molecule is Cc1ncsc1-c1ccc([C@H](C)NC(=O)[C@@H]2C[C@@H](O)CN2C(=O)[C@@H](NC(=O)CCCCN2C[C@H]3C[C@@H]2CN3c2ccc(C(=O)NC3CC(Oc4ccc(C#N)c(Cl)c4)C3)cn2)C(C)(C)C)cc1. The first-order valence-electron chi connectivity index (χ1n) is 23.3. The van der Waals surface area contributed by atoms with Gasteiger partial charge in [0.25, 0.3) is 5.91 Å². The summed E-state index contributed by atoms with van der Waals surface area (Å²) in [5.74, 6) is 0.363. The lowest BCUT2D eigenvalue weighted by atomic mass is 9.85. The Morgan fingerprint density at radius 2 is 1.75 bits per heavy atom. The third kappa shape index (κ3) is 11.1. The van der Waals surface area contributed by atoms with E-state index in [1.165, 1.54) is 4.90 Å². The minimum atomic E-state index is -0.878. The molecular formula is C50H60ClN9O6S. The van der Waals surface area contributed by atoms with E-state index in [9.17, 15) is 24.3 Å². The number of benzene rings is 2. The Morgan fingerprint density at radius 3 is 2.39 bits per heavy atom. The van der Waals surface area contributed by atoms with Crippen molar-refractivity contribution in [2.24, 2.45) is 5.41 Å². The largest absolute Gasteiger partial charge is 0.490 e. The van der Waals surface area contributed by atoms with E-state index in [0.29, 0.717) is 53.2 Å². The summed E-state index contributed by atoms with van der Waals surface area (Å²) >= 11 is 7.71. The zero-order valence-corrected chi connectivity index (χ0v) is 40.3. The van der Waals surface area contributed by atoms with Crippen molar-refractivity contribution in [1.29, 1.82) is 5.26 Å². The standard InChI is InChI=1S/C50H60ClN9O6S/c1-29(31-9-11-32(12-10-31)45-30(2)54-28-67-45)55-48(64)42-21-38(61)27-60(42)49(65)46(50(3,4)5)57-44(62)8-6-7-17-58-25-37-20-36(58)26-59(37)43-16-14-34(24-53-43)47(63)56-35-18-40(19-35)66-39-15-13-33(23-52)41(51)22-39/h9-16,22,24,28-29,35-38,40,42,46,61H,6-8,17-21,25-27H2,1-5H3,(H,55,64)(H,56,63)(H,57,62)/t29-,35?,36+,37+,38+,40?,42-,46+/m0/s1. The normalized spacial score (nSPS) is 23.3. The van der Waals surface area contributed by atoms with E-state index in [4.69, 9.17) is 21.6 Å². The summed E-state index contributed by atoms with van der Waals surface area (Å²) in [5.41, 5.74) is 5.03. The van der Waals surface area contributed by atoms with Crippen LogP contribution in [0.2, 0.25) is 5.02 Å². The zero-order valence-electron chi connectivity index (χ0n) is 38.7. The number of nitriles is 1. The lowest BCUT2D eigenvalue weighted by Crippen LogP contribution is -2.57. The number of hydrogen-bond donors (Lipinski definition) is 4. The van der Waals surface area contributed by atoms with Gasteiger partial charge in [0.1, 0.15) is 35.8 Å². The number of likely N-dealkylation sites (tertiary alicyclic amines) is 2. The molecule has 8 rings (SSSR count). The number of carbonyl (C=O) groups is 4. The van der Waals surface area contributed by atoms with Crippen LogP contribution in [0.5, 0.6) is 5.75 Å². The Hall–Kier alpha value is -5.60. The fourth-order valence-corrected chi connectivity index (χ4v) is 10.8. The summed E-state index contributed by atoms with van der Waals surface area (Å²) in [5, 5.41) is 29.2. The Bertz CT molecular complexity index is 2480. The molecule has 5 heterocycles. The summed E-state index contributed by atoms with van der Waals surface area (Å²) in [4.78, 5) is 70.6. The Kier molecular flexibility index (Phi) is 14.5. The number of aliphatic hydroxyl groups excluding tert-OH is 1. The smallest absolute Gasteiger partial charge is 0.253 e. The molecule has 3 aliphatic heterocycles. The number of aryl methyl sites for hydroxylation is 1. The van der Waals surface area contributed by atoms with Crippen LogP contribution in [0.25, 0.3) is 10.4 Å². The van der Waals surface area contributed by atoms with Gasteiger partial charge in [-0.3, -0.25) is 24.1 Å². The first-order chi connectivity index (χ1) is 32.0. The first kappa shape index (κ1) is 47.9. The number of unbranched alkanes of at least 4 members (excludes halogenated alkanes) is 1. The Balaban J connectivity index is 0.751. The van der Waals surface area contributed by atoms with Crippen LogP contribution >= 0.6 is 22.9 Å². The van der Waals surface area contributed by atoms with E-state index in [1.807, 2.05) is 82.6 Å². The molecule has 15 nitrogen and oxygen atoms in total. The molecule has 0 spiro atoms. The molecule has 2 aromatic heterocycles. The van der Waals surface area contributed by atoms with Crippen molar-refractivity contribution < 1.29 is 29.0 Å². The fourth-order valence-electron chi connectivity index (χ4n) is 9.74. The number of nitrogens with zero attached hydrogens (tertiary/aromatic N) is 6. The molecule has 1 aliphatic carbocycles. The van der Waals surface area contributed by atoms with Crippen LogP contribution in [0.15, 0.2) is 66.3 Å². The monoisotopic (exact) mass is 949 g/mol. The molecule has 1 saturated carbocycles. The molecule has 0 radical (unpaired) electrons. The van der Waals surface area contributed by atoms with Gasteiger partial charge >= 0.3 is 0 Å². The molecule has 2 aromatic carbocycles. The van der Waals surface area contributed by atoms with E-state index in [0.717, 1.165) is 60.0 Å². The average Bonchev–Trinajstić information content (AvgIpc) is 4.10. The molecule has 6 atom stereocenters. The van der Waals surface area contributed by atoms with Gasteiger partial charge < -0.3 is 35.6 Å². The number of nitrogens with one attached hydrogen (secondary N) is 3. The molecular weight excluding hydrogens is 890 g/mol. The quantitative estimate of drug-likeness (QED) is 0.0938. The molecule has 4 amide bonds. The number of rotatable bonds is 16. The molecule has 4 aromatic rings. The molecule has 3 saturated heterocycles. The minimum absolute atomic E-state index is 0.000524. The third-order valence-corrected chi connectivity index (χ3v) is 14.9. The molecule has 67 heavy (non-hydrogen) atoms. The summed E-state index contributed by atoms with van der Waals surface area (Å²) < 4.78 is 5.96. The van der Waals surface area contributed by atoms with Crippen LogP contribution in [-0.2, 0) is 14.4 Å². The zero-order chi connectivity index (χ0) is 47.6. The van der Waals surface area contributed by atoms with Crippen molar-refractivity contribution in [2.45, 2.75) is 128 Å². The number of amides is 4. The minimum Gasteiger partial charge on any atom is -0.490 e. The number of aliphatic hydroxyl groups is 1. The number of thiazole rings is 1. The highest BCUT2D eigenvalue weighted by atomic mass is 35.5. The number of pyridine rings is 1. The summed E-state index contributed by atoms with van der Waals surface area (Å²) in [7, 11) is 0. The highest BCUT2D eigenvalue weighted by molar-refractivity contribution is 7.13. The van der Waals surface area contributed by atoms with Crippen molar-refractivity contribution in [3.05, 3.63) is 93.7 Å². The van der Waals surface area contributed by atoms with Gasteiger partial charge in [-0.15, -0.1) is 11.3 Å². The topological polar surface area (TPSA) is 193 Å². The summed E-state index contributed by atoms with van der Waals surface area (Å²) in [6, 6.07) is 17.4. The van der Waals surface area contributed by atoms with Gasteiger partial charge in [0.15, 0.2) is 0 Å². The van der Waals surface area contributed by atoms with Gasteiger partial charge in [-0.05, 0) is 80.5 Å². The Morgan fingerprint density at radius 1 is 0.970 bits per heavy atom. The van der Waals surface area contributed by atoms with Gasteiger partial charge in [0.2, 0.25) is 17.7 Å². The lowest BCUT2D eigenvalue weighted by molar-refractivity contribution is -0.144. The molecule has 17 heteroatoms. The second-order valence-electron chi connectivity index (χ2n) is 19.6. The number of fused-ring (bicyclic) bond motifs is 2. The maximum Gasteiger partial charge on any atom is 0.253 e. The lowest BCUT2D eigenvalue weighted by Gasteiger charge is -2.36. The summed E-state index contributed by atoms with van der Waals surface area (Å²) in [6.45, 7) is 12.2. The summed E-state index contributed by atoms with van der Waals surface area (Å²) in [6.07, 6.45) is 5.01. The van der Waals surface area contributed by atoms with Crippen LogP contribution < -0.4 is 25.6 Å². The molecule has 4 aliphatic rings. The van der Waals surface area contributed by atoms with Crippen LogP contribution in [0.1, 0.15) is 106 Å². The molecule has 4 fully saturated rings. The number of carbonyl (C=O) groups excluding carboxylic acids is 4. The van der Waals surface area contributed by atoms with E-state index >= 15 is 0 Å². The number of hydrogen-bond acceptors (Lipinski definition) is 12. The van der Waals surface area contributed by atoms with Crippen molar-refractivity contribution >= 4 is 52.4 Å². The predicted molar refractivity (Wildman–Crippen MR) is 257 cm³/mol. The van der Waals surface area contributed by atoms with Gasteiger partial charge in [-0.2, -0.15) is 5.26 Å². The number of ether oxygens (including phenoxy) is 1. The molecule has 0 unspecified atom stereocenters. The van der Waals surface area contributed by atoms with Crippen molar-refractivity contribution in [3.8, 4) is 22.3 Å². The van der Waals surface area contributed by atoms with Crippen LogP contribution in [0.4, 0.5) is 5.82 Å². The molecule has 2 bridgehead atoms. The van der Waals surface area contributed by atoms with Gasteiger partial charge in [0.05, 0.1) is 44.4 Å². The number of halogens is 1. The maximum atomic E-state index is 14.2. The van der Waals surface area contributed by atoms with Gasteiger partial charge in [0, 0.05) is 75.7 Å². The second-order valence-corrected chi connectivity index (χ2v) is 20.8. The third-order valence-electron chi connectivity index (χ3n) is 13.6. The predicted octanol–water partition coefficient (Wildman–Crippen LogP) is 6.18. The average molecular weight is 951 g/mol. The van der Waals surface area contributed by atoms with Gasteiger partial charge in [-0.1, -0.05) is 56.6 Å². The number of aromatic nitrogens is 2. The van der Waals surface area contributed by atoms with Crippen LogP contribution in [0, 0.1) is 23.7 Å². The Labute approximate surface area is 401 Å². The second kappa shape index (κ2) is 20.3. The highest BCUT2D eigenvalue weighted by Gasteiger charge is 2.46. The van der Waals surface area contributed by atoms with E-state index in [2.05, 4.69) is 35.7 Å². The van der Waals surface area contributed by atoms with E-state index in [-0.39, 0.29) is 61.2 Å². The first-order valence-corrected chi connectivity index (χ1v) is 24.5. The molecule has 354 valence electrons. The number of piperazine rings is 1. The number of anilines is 1. The maximum absolute atomic E-state index is 14.2. The van der Waals surface area contributed by atoms with Crippen LogP contribution in [-0.4, -0.2) is 117 Å². The van der Waals surface area contributed by atoms with Gasteiger partial charge in [-0.25, -0.2) is 9.97 Å². The fraction of sp³-hybridized carbons (Fsp3) is 0.500. The van der Waals surface area contributed by atoms with Crippen LogP contribution in [0.3, 0.4) is 0 Å². The van der Waals surface area contributed by atoms with Crippen molar-refractivity contribution in [2.75, 3.05) is 31.1 Å². The molecule has 4 N–H and O–H groups in total.